The van der Waals surface area contributed by atoms with Crippen LogP contribution in [0, 0.1) is 23.7 Å². The van der Waals surface area contributed by atoms with Gasteiger partial charge in [-0.15, -0.1) is 0 Å². The smallest absolute Gasteiger partial charge is 0.434 e. The first-order valence-electron chi connectivity index (χ1n) is 19.8. The van der Waals surface area contributed by atoms with Crippen molar-refractivity contribution >= 4 is 23.5 Å². The number of anilines is 2. The number of rotatable bonds is 7. The molecule has 1 amide bonds. The van der Waals surface area contributed by atoms with Crippen molar-refractivity contribution in [1.29, 1.82) is 0 Å². The molecule has 2 aromatic rings. The number of likely N-dealkylation sites (tertiary alicyclic amines) is 1. The summed E-state index contributed by atoms with van der Waals surface area (Å²) in [5, 5.41) is 13.2. The molecule has 2 bridgehead atoms. The highest BCUT2D eigenvalue weighted by Gasteiger charge is 2.57. The van der Waals surface area contributed by atoms with E-state index in [1.54, 1.807) is 11.8 Å². The fraction of sp³-hybridized carbons (Fsp3) is 0.700. The Morgan fingerprint density at radius 2 is 1.69 bits per heavy atom. The van der Waals surface area contributed by atoms with Crippen molar-refractivity contribution in [3.8, 4) is 5.75 Å². The van der Waals surface area contributed by atoms with E-state index in [0.717, 1.165) is 76.0 Å². The van der Waals surface area contributed by atoms with Gasteiger partial charge in [0, 0.05) is 29.9 Å². The lowest BCUT2D eigenvalue weighted by Gasteiger charge is -2.52. The van der Waals surface area contributed by atoms with E-state index in [2.05, 4.69) is 22.2 Å². The quantitative estimate of drug-likeness (QED) is 0.273. The maximum absolute atomic E-state index is 14.8. The Morgan fingerprint density at radius 3 is 2.35 bits per heavy atom. The fourth-order valence-electron chi connectivity index (χ4n) is 11.3. The van der Waals surface area contributed by atoms with Gasteiger partial charge in [0.15, 0.2) is 5.69 Å². The van der Waals surface area contributed by atoms with Crippen LogP contribution in [0.2, 0.25) is 0 Å². The van der Waals surface area contributed by atoms with Crippen molar-refractivity contribution < 1.29 is 41.4 Å². The zero-order valence-electron chi connectivity index (χ0n) is 30.9. The number of carbonyl (C=O) groups is 2. The number of hydrogen-bond acceptors (Lipinski definition) is 7. The molecule has 14 heteroatoms. The van der Waals surface area contributed by atoms with E-state index in [-0.39, 0.29) is 42.5 Å². The topological polar surface area (TPSA) is 108 Å². The van der Waals surface area contributed by atoms with Crippen LogP contribution in [0.15, 0.2) is 24.4 Å². The van der Waals surface area contributed by atoms with Gasteiger partial charge in [-0.3, -0.25) is 9.69 Å². The number of benzene rings is 1. The van der Waals surface area contributed by atoms with E-state index in [1.807, 2.05) is 23.1 Å². The molecule has 2 aliphatic heterocycles. The van der Waals surface area contributed by atoms with E-state index in [1.165, 1.54) is 0 Å². The first-order valence-corrected chi connectivity index (χ1v) is 19.8. The minimum Gasteiger partial charge on any atom is -0.490 e. The number of halogens is 5. The van der Waals surface area contributed by atoms with Crippen molar-refractivity contribution in [2.24, 2.45) is 23.7 Å². The number of nitrogens with zero attached hydrogens (tertiary/aromatic N) is 4. The summed E-state index contributed by atoms with van der Waals surface area (Å²) >= 11 is 0. The van der Waals surface area contributed by atoms with Gasteiger partial charge in [-0.2, -0.15) is 13.2 Å². The van der Waals surface area contributed by atoms with E-state index in [0.29, 0.717) is 43.2 Å². The van der Waals surface area contributed by atoms with Gasteiger partial charge in [-0.1, -0.05) is 33.1 Å². The lowest BCUT2D eigenvalue weighted by molar-refractivity contribution is -0.155. The van der Waals surface area contributed by atoms with Crippen LogP contribution in [0.5, 0.6) is 5.75 Å². The minimum absolute atomic E-state index is 0.0583. The van der Waals surface area contributed by atoms with Crippen LogP contribution >= 0.6 is 0 Å². The molecule has 2 N–H and O–H groups in total. The van der Waals surface area contributed by atoms with Gasteiger partial charge in [-0.25, -0.2) is 23.5 Å². The van der Waals surface area contributed by atoms with Gasteiger partial charge in [-0.05, 0) is 112 Å². The van der Waals surface area contributed by atoms with Gasteiger partial charge in [0.1, 0.15) is 11.3 Å². The number of carboxylic acids is 1. The molecule has 9 nitrogen and oxygen atoms in total. The molecule has 4 aliphatic carbocycles. The van der Waals surface area contributed by atoms with Crippen LogP contribution in [0.1, 0.15) is 119 Å². The van der Waals surface area contributed by atoms with Crippen molar-refractivity contribution in [3.05, 3.63) is 41.2 Å². The molecule has 6 aliphatic rings. The zero-order valence-corrected chi connectivity index (χ0v) is 30.9. The largest absolute Gasteiger partial charge is 0.490 e. The monoisotopic (exact) mass is 759 g/mol. The summed E-state index contributed by atoms with van der Waals surface area (Å²) in [4.78, 5) is 38.7. The van der Waals surface area contributed by atoms with Crippen LogP contribution in [0.3, 0.4) is 0 Å². The molecule has 5 unspecified atom stereocenters. The number of carboxylic acid groups (broad SMARTS) is 1. The zero-order chi connectivity index (χ0) is 38.2. The molecule has 5 fully saturated rings. The van der Waals surface area contributed by atoms with Gasteiger partial charge >= 0.3 is 12.1 Å². The van der Waals surface area contributed by atoms with Crippen LogP contribution in [0.4, 0.5) is 33.6 Å². The summed E-state index contributed by atoms with van der Waals surface area (Å²) in [5.74, 6) is -4.75. The van der Waals surface area contributed by atoms with Crippen molar-refractivity contribution in [2.45, 2.75) is 133 Å². The molecule has 294 valence electrons. The number of alkyl halides is 5. The van der Waals surface area contributed by atoms with Crippen LogP contribution < -0.4 is 15.0 Å². The average Bonchev–Trinajstić information content (AvgIpc) is 3.40. The second-order valence-electron chi connectivity index (χ2n) is 17.5. The van der Waals surface area contributed by atoms with Gasteiger partial charge in [0.2, 0.25) is 5.95 Å². The Bertz CT molecular complexity index is 1760. The molecule has 1 aromatic heterocycles. The predicted molar refractivity (Wildman–Crippen MR) is 190 cm³/mol. The summed E-state index contributed by atoms with van der Waals surface area (Å²) < 4.78 is 77.8. The average molecular weight is 760 g/mol. The molecule has 0 radical (unpaired) electrons. The number of ether oxygens (including phenoxy) is 1. The normalized spacial score (nSPS) is 33.1. The third kappa shape index (κ3) is 6.61. The Morgan fingerprint density at radius 1 is 0.963 bits per heavy atom. The second kappa shape index (κ2) is 13.6. The van der Waals surface area contributed by atoms with E-state index < -0.39 is 52.6 Å². The van der Waals surface area contributed by atoms with Crippen LogP contribution in [-0.2, 0) is 16.4 Å². The third-order valence-electron chi connectivity index (χ3n) is 13.8. The number of amides is 1. The van der Waals surface area contributed by atoms with Gasteiger partial charge in [0.05, 0.1) is 24.8 Å². The number of aliphatic carboxylic acids is 1. The first kappa shape index (κ1) is 37.4. The highest BCUT2D eigenvalue weighted by molar-refractivity contribution is 5.99. The Labute approximate surface area is 312 Å². The molecule has 5 atom stereocenters. The highest BCUT2D eigenvalue weighted by atomic mass is 19.4. The van der Waals surface area contributed by atoms with Crippen molar-refractivity contribution in [3.63, 3.8) is 0 Å². The Balaban J connectivity index is 1.05. The van der Waals surface area contributed by atoms with Gasteiger partial charge in [0.25, 0.3) is 11.8 Å². The maximum Gasteiger partial charge on any atom is 0.434 e. The summed E-state index contributed by atoms with van der Waals surface area (Å²) in [6.45, 7) is 3.83. The summed E-state index contributed by atoms with van der Waals surface area (Å²) in [5.41, 5.74) is -2.56. The summed E-state index contributed by atoms with van der Waals surface area (Å²) in [6, 6.07) is 5.80. The Hall–Kier alpha value is -3.55. The number of nitrogens with one attached hydrogen (secondary N) is 1. The summed E-state index contributed by atoms with van der Waals surface area (Å²) in [7, 11) is 0. The number of aromatic nitrogens is 2. The standard InChI is InChI=1S/C40H50F5N5O4/c1-23-14-25-16-24(2)39(35(52)53,26(15-23)17-25)48-34(51)30-19-46-36(47-33(30)40(43,44)45)50-20-37(12-4-3-5-13-37)31-18-29(10-11-32(31)50)54-28-8-6-27(7-9-28)49-21-38(41,42)22-49/h10-11,18-19,23-28H,3-9,12-17,20-22H2,1-2H3,(H,48,51)(H,52,53). The third-order valence-corrected chi connectivity index (χ3v) is 13.8. The highest BCUT2D eigenvalue weighted by Crippen LogP contribution is 2.53. The lowest BCUT2D eigenvalue weighted by atomic mass is 9.56. The fourth-order valence-corrected chi connectivity index (χ4v) is 11.3. The molecular weight excluding hydrogens is 709 g/mol. The minimum atomic E-state index is -5.01. The van der Waals surface area contributed by atoms with E-state index >= 15 is 0 Å². The van der Waals surface area contributed by atoms with E-state index in [4.69, 9.17) is 4.74 Å². The summed E-state index contributed by atoms with van der Waals surface area (Å²) in [6.07, 6.45) is 6.31. The lowest BCUT2D eigenvalue weighted by Crippen LogP contribution is -2.66. The van der Waals surface area contributed by atoms with Gasteiger partial charge < -0.3 is 20.1 Å². The number of fused-ring (bicyclic) bond motifs is 4. The molecule has 4 saturated carbocycles. The molecule has 54 heavy (non-hydrogen) atoms. The predicted octanol–water partition coefficient (Wildman–Crippen LogP) is 8.14. The van der Waals surface area contributed by atoms with Crippen LogP contribution in [-0.4, -0.2) is 75.1 Å². The molecular formula is C40H50F5N5O4. The molecule has 1 spiro atoms. The number of carbonyl (C=O) groups excluding carboxylic acids is 1. The SMILES string of the molecule is CC1CC2CC(C)C(NC(=O)c3cnc(N4CC5(CCCCC5)c5cc(OC6CCC(N7CC(F)(F)C7)CC6)ccc54)nc3C(F)(F)F)(C(=O)O)C(C1)C2. The molecule has 3 heterocycles. The maximum atomic E-state index is 14.8. The Kier molecular flexibility index (Phi) is 9.40. The molecule has 8 rings (SSSR count). The number of hydrogen-bond donors (Lipinski definition) is 2. The van der Waals surface area contributed by atoms with Crippen molar-refractivity contribution in [1.82, 2.24) is 20.2 Å². The van der Waals surface area contributed by atoms with Crippen LogP contribution in [0.25, 0.3) is 0 Å². The van der Waals surface area contributed by atoms with Crippen molar-refractivity contribution in [2.75, 3.05) is 24.5 Å². The molecule has 1 aromatic carbocycles. The second-order valence-corrected chi connectivity index (χ2v) is 17.5. The first-order chi connectivity index (χ1) is 25.6. The molecule has 1 saturated heterocycles. The van der Waals surface area contributed by atoms with E-state index in [9.17, 15) is 36.6 Å².